The summed E-state index contributed by atoms with van der Waals surface area (Å²) in [5.74, 6) is 5.85. The molecular formula is C25H28N8. The summed E-state index contributed by atoms with van der Waals surface area (Å²) in [5, 5.41) is 15.5. The molecule has 0 radical (unpaired) electrons. The van der Waals surface area contributed by atoms with Crippen LogP contribution in [-0.4, -0.2) is 29.3 Å². The van der Waals surface area contributed by atoms with Crippen molar-refractivity contribution in [1.82, 2.24) is 10.3 Å². The molecule has 2 aromatic carbocycles. The lowest BCUT2D eigenvalue weighted by Gasteiger charge is -2.11. The van der Waals surface area contributed by atoms with Gasteiger partial charge in [-0.25, -0.2) is 4.99 Å². The molecule has 8 N–H and O–H groups in total. The van der Waals surface area contributed by atoms with Gasteiger partial charge in [0.2, 0.25) is 0 Å². The summed E-state index contributed by atoms with van der Waals surface area (Å²) < 4.78 is 0. The number of anilines is 1. The minimum Gasteiger partial charge on any atom is -0.398 e. The van der Waals surface area contributed by atoms with Crippen LogP contribution in [0.4, 0.5) is 5.69 Å². The lowest BCUT2D eigenvalue weighted by atomic mass is 9.98. The maximum absolute atomic E-state index is 8.62. The molecule has 0 atom stereocenters. The van der Waals surface area contributed by atoms with Crippen LogP contribution < -0.4 is 22.6 Å². The van der Waals surface area contributed by atoms with Gasteiger partial charge in [-0.3, -0.25) is 10.4 Å². The van der Waals surface area contributed by atoms with Crippen molar-refractivity contribution in [3.05, 3.63) is 89.4 Å². The first-order chi connectivity index (χ1) is 16.0. The van der Waals surface area contributed by atoms with Gasteiger partial charge in [0, 0.05) is 42.0 Å². The third-order valence-electron chi connectivity index (χ3n) is 4.92. The van der Waals surface area contributed by atoms with E-state index in [4.69, 9.17) is 22.7 Å². The molecule has 0 fully saturated rings. The third-order valence-corrected chi connectivity index (χ3v) is 4.92. The fourth-order valence-electron chi connectivity index (χ4n) is 3.28. The van der Waals surface area contributed by atoms with E-state index in [1.807, 2.05) is 55.5 Å². The number of pyridine rings is 1. The Morgan fingerprint density at radius 2 is 1.97 bits per heavy atom. The number of nitrogen functional groups attached to an aromatic ring is 1. The minimum atomic E-state index is 0.169. The first-order valence-corrected chi connectivity index (χ1v) is 10.4. The summed E-state index contributed by atoms with van der Waals surface area (Å²) >= 11 is 0. The number of rotatable bonds is 8. The van der Waals surface area contributed by atoms with E-state index in [0.717, 1.165) is 22.3 Å². The normalized spacial score (nSPS) is 12.3. The fourth-order valence-corrected chi connectivity index (χ4v) is 3.28. The van der Waals surface area contributed by atoms with E-state index in [1.54, 1.807) is 30.8 Å². The minimum absolute atomic E-state index is 0.169. The van der Waals surface area contributed by atoms with Gasteiger partial charge in [-0.15, -0.1) is 0 Å². The molecule has 0 saturated heterocycles. The third kappa shape index (κ3) is 6.34. The number of aliphatic imine (C=N–C) groups is 1. The highest BCUT2D eigenvalue weighted by Gasteiger charge is 2.11. The second kappa shape index (κ2) is 11.4. The molecule has 3 aromatic rings. The summed E-state index contributed by atoms with van der Waals surface area (Å²) in [4.78, 5) is 8.24. The average molecular weight is 441 g/mol. The molecular weight excluding hydrogens is 412 g/mol. The van der Waals surface area contributed by atoms with Gasteiger partial charge >= 0.3 is 0 Å². The largest absolute Gasteiger partial charge is 0.398 e. The Kier molecular flexibility index (Phi) is 8.04. The van der Waals surface area contributed by atoms with Crippen LogP contribution in [-0.2, 0) is 6.54 Å². The highest BCUT2D eigenvalue weighted by molar-refractivity contribution is 6.15. The van der Waals surface area contributed by atoms with Crippen LogP contribution in [0.15, 0.2) is 82.8 Å². The summed E-state index contributed by atoms with van der Waals surface area (Å²) in [6, 6.07) is 17.3. The number of allylic oxidation sites excluding steroid dienone is 1. The van der Waals surface area contributed by atoms with Gasteiger partial charge in [0.05, 0.1) is 18.0 Å². The Hall–Kier alpha value is -4.30. The van der Waals surface area contributed by atoms with Gasteiger partial charge in [-0.2, -0.15) is 5.10 Å². The predicted octanol–water partition coefficient (Wildman–Crippen LogP) is 3.15. The number of nitrogens with zero attached hydrogens (tertiary/aromatic N) is 3. The zero-order valence-corrected chi connectivity index (χ0v) is 18.5. The predicted molar refractivity (Wildman–Crippen MR) is 137 cm³/mol. The van der Waals surface area contributed by atoms with Crippen molar-refractivity contribution in [1.29, 1.82) is 5.41 Å². The van der Waals surface area contributed by atoms with Crippen molar-refractivity contribution >= 4 is 29.5 Å². The molecule has 0 bridgehead atoms. The van der Waals surface area contributed by atoms with Gasteiger partial charge in [-0.1, -0.05) is 36.4 Å². The summed E-state index contributed by atoms with van der Waals surface area (Å²) in [6.07, 6.45) is 6.92. The SMILES string of the molecule is C/C=N/C(CNCc1cccc(/C=C(\N)C(=N)c2cc(-c3cccnc3)ccc2N)c1)=N\N. The molecule has 0 aliphatic carbocycles. The van der Waals surface area contributed by atoms with Crippen LogP contribution >= 0.6 is 0 Å². The molecule has 0 saturated carbocycles. The zero-order chi connectivity index (χ0) is 23.6. The Labute approximate surface area is 193 Å². The van der Waals surface area contributed by atoms with Crippen LogP contribution in [0.3, 0.4) is 0 Å². The number of aromatic nitrogens is 1. The molecule has 33 heavy (non-hydrogen) atoms. The number of hydrazone groups is 1. The van der Waals surface area contributed by atoms with Gasteiger partial charge < -0.3 is 22.6 Å². The zero-order valence-electron chi connectivity index (χ0n) is 18.5. The number of nitrogens with one attached hydrogen (secondary N) is 2. The van der Waals surface area contributed by atoms with E-state index in [1.165, 1.54) is 0 Å². The van der Waals surface area contributed by atoms with Gasteiger partial charge in [0.25, 0.3) is 0 Å². The topological polar surface area (TPSA) is 152 Å². The first-order valence-electron chi connectivity index (χ1n) is 10.4. The summed E-state index contributed by atoms with van der Waals surface area (Å²) in [7, 11) is 0. The maximum atomic E-state index is 8.62. The molecule has 168 valence electrons. The molecule has 8 nitrogen and oxygen atoms in total. The Morgan fingerprint density at radius 3 is 2.70 bits per heavy atom. The van der Waals surface area contributed by atoms with Crippen LogP contribution in [0.25, 0.3) is 17.2 Å². The van der Waals surface area contributed by atoms with Crippen LogP contribution in [0.1, 0.15) is 23.6 Å². The molecule has 1 aromatic heterocycles. The first kappa shape index (κ1) is 23.4. The number of benzene rings is 2. The van der Waals surface area contributed by atoms with Crippen molar-refractivity contribution in [2.24, 2.45) is 21.7 Å². The van der Waals surface area contributed by atoms with E-state index in [-0.39, 0.29) is 5.71 Å². The van der Waals surface area contributed by atoms with Crippen LogP contribution in [0.2, 0.25) is 0 Å². The second-order valence-corrected chi connectivity index (χ2v) is 7.30. The maximum Gasteiger partial charge on any atom is 0.161 e. The van der Waals surface area contributed by atoms with Crippen molar-refractivity contribution in [2.45, 2.75) is 13.5 Å². The number of amidine groups is 1. The lowest BCUT2D eigenvalue weighted by molar-refractivity contribution is 0.771. The second-order valence-electron chi connectivity index (χ2n) is 7.30. The Balaban J connectivity index is 1.75. The number of hydrogen-bond acceptors (Lipinski definition) is 7. The molecule has 0 aliphatic heterocycles. The van der Waals surface area contributed by atoms with E-state index in [9.17, 15) is 0 Å². The quantitative estimate of drug-likeness (QED) is 0.120. The lowest BCUT2D eigenvalue weighted by Crippen LogP contribution is -2.22. The van der Waals surface area contributed by atoms with Crippen LogP contribution in [0.5, 0.6) is 0 Å². The average Bonchev–Trinajstić information content (AvgIpc) is 2.84. The number of nitrogens with two attached hydrogens (primary N) is 3. The molecule has 3 rings (SSSR count). The Bertz CT molecular complexity index is 1200. The van der Waals surface area contributed by atoms with Crippen LogP contribution in [0, 0.1) is 5.41 Å². The monoisotopic (exact) mass is 440 g/mol. The molecule has 1 heterocycles. The molecule has 8 heteroatoms. The summed E-state index contributed by atoms with van der Waals surface area (Å²) in [6.45, 7) is 2.88. The van der Waals surface area contributed by atoms with Gasteiger partial charge in [0.1, 0.15) is 0 Å². The highest BCUT2D eigenvalue weighted by atomic mass is 15.2. The van der Waals surface area contributed by atoms with E-state index < -0.39 is 0 Å². The van der Waals surface area contributed by atoms with Crippen molar-refractivity contribution in [3.8, 4) is 11.1 Å². The van der Waals surface area contributed by atoms with Gasteiger partial charge in [0.15, 0.2) is 5.84 Å². The molecule has 0 aliphatic rings. The van der Waals surface area contributed by atoms with E-state index in [2.05, 4.69) is 20.4 Å². The van der Waals surface area contributed by atoms with E-state index >= 15 is 0 Å². The number of hydrogen-bond donors (Lipinski definition) is 5. The van der Waals surface area contributed by atoms with Crippen molar-refractivity contribution < 1.29 is 0 Å². The molecule has 0 spiro atoms. The van der Waals surface area contributed by atoms with Crippen molar-refractivity contribution in [2.75, 3.05) is 12.3 Å². The highest BCUT2D eigenvalue weighted by Crippen LogP contribution is 2.25. The Morgan fingerprint density at radius 1 is 1.12 bits per heavy atom. The van der Waals surface area contributed by atoms with Gasteiger partial charge in [-0.05, 0) is 47.9 Å². The molecule has 0 amide bonds. The standard InChI is InChI=1S/C25H28N8/c1-2-32-24(33-29)16-31-14-18-6-3-5-17(11-18)12-23(27)25(28)21-13-19(8-9-22(21)26)20-7-4-10-30-15-20/h2-13,15,28,31H,14,16,26-27,29H2,1H3/b23-12-,28-25?,32-2+,33-24-. The van der Waals surface area contributed by atoms with E-state index in [0.29, 0.717) is 35.9 Å². The molecule has 0 unspecified atom stereocenters. The van der Waals surface area contributed by atoms with Crippen molar-refractivity contribution in [3.63, 3.8) is 0 Å². The smallest absolute Gasteiger partial charge is 0.161 e. The summed E-state index contributed by atoms with van der Waals surface area (Å²) in [5.41, 5.74) is 17.8. The fraction of sp³-hybridized carbons (Fsp3) is 0.120.